The van der Waals surface area contributed by atoms with Gasteiger partial charge in [0, 0.05) is 12.1 Å². The van der Waals surface area contributed by atoms with E-state index < -0.39 is 16.8 Å². The van der Waals surface area contributed by atoms with E-state index in [0.29, 0.717) is 10.0 Å². The van der Waals surface area contributed by atoms with Gasteiger partial charge in [-0.25, -0.2) is 4.39 Å². The summed E-state index contributed by atoms with van der Waals surface area (Å²) in [6.45, 7) is 1.61. The third-order valence-corrected chi connectivity index (χ3v) is 3.40. The maximum atomic E-state index is 13.2. The summed E-state index contributed by atoms with van der Waals surface area (Å²) in [5.41, 5.74) is 0.325. The fourth-order valence-electron chi connectivity index (χ4n) is 1.70. The molecule has 1 N–H and O–H groups in total. The predicted octanol–water partition coefficient (Wildman–Crippen LogP) is 4.34. The highest BCUT2D eigenvalue weighted by Gasteiger charge is 2.18. The molecule has 2 rings (SSSR count). The van der Waals surface area contributed by atoms with Crippen LogP contribution in [0.2, 0.25) is 0 Å². The van der Waals surface area contributed by atoms with Crippen LogP contribution in [0.4, 0.5) is 10.1 Å². The second kappa shape index (κ2) is 6.19. The van der Waals surface area contributed by atoms with Gasteiger partial charge in [0.15, 0.2) is 0 Å². The summed E-state index contributed by atoms with van der Waals surface area (Å²) in [5.74, 6) is -0.536. The Labute approximate surface area is 128 Å². The lowest BCUT2D eigenvalue weighted by molar-refractivity contribution is -0.385. The molecule has 0 aliphatic heterocycles. The van der Waals surface area contributed by atoms with E-state index in [-0.39, 0.29) is 17.2 Å². The zero-order valence-electron chi connectivity index (χ0n) is 10.9. The van der Waals surface area contributed by atoms with Gasteiger partial charge in [-0.1, -0.05) is 6.07 Å². The fourth-order valence-corrected chi connectivity index (χ4v) is 2.18. The number of nitro benzene ring substituents is 1. The number of hydrogen-bond donors (Lipinski definition) is 1. The zero-order chi connectivity index (χ0) is 15.6. The molecule has 2 aromatic rings. The first-order valence-corrected chi connectivity index (χ1v) is 6.77. The number of benzene rings is 2. The van der Waals surface area contributed by atoms with Crippen LogP contribution in [0.5, 0.6) is 11.5 Å². The average molecular weight is 356 g/mol. The van der Waals surface area contributed by atoms with Crippen molar-refractivity contribution in [2.24, 2.45) is 0 Å². The predicted molar refractivity (Wildman–Crippen MR) is 77.9 cm³/mol. The van der Waals surface area contributed by atoms with Crippen molar-refractivity contribution in [1.82, 2.24) is 0 Å². The van der Waals surface area contributed by atoms with Gasteiger partial charge < -0.3 is 9.84 Å². The largest absolute Gasteiger partial charge is 0.449 e. The molecule has 0 unspecified atom stereocenters. The summed E-state index contributed by atoms with van der Waals surface area (Å²) in [6, 6.07) is 7.79. The fraction of sp³-hybridized carbons (Fsp3) is 0.143. The summed E-state index contributed by atoms with van der Waals surface area (Å²) in [6.07, 6.45) is -0.654. The number of ether oxygens (including phenoxy) is 1. The molecule has 7 heteroatoms. The molecule has 0 heterocycles. The van der Waals surface area contributed by atoms with Crippen molar-refractivity contribution >= 4 is 21.6 Å². The molecular formula is C14H11BrFNO4. The van der Waals surface area contributed by atoms with E-state index in [4.69, 9.17) is 4.74 Å². The van der Waals surface area contributed by atoms with Crippen LogP contribution in [0.1, 0.15) is 18.6 Å². The number of halogens is 2. The molecule has 5 nitrogen and oxygen atoms in total. The van der Waals surface area contributed by atoms with E-state index in [2.05, 4.69) is 15.9 Å². The summed E-state index contributed by atoms with van der Waals surface area (Å²) in [5, 5.41) is 20.4. The second-order valence-electron chi connectivity index (χ2n) is 4.34. The molecule has 2 aromatic carbocycles. The topological polar surface area (TPSA) is 72.6 Å². The van der Waals surface area contributed by atoms with Crippen LogP contribution in [-0.4, -0.2) is 10.0 Å². The van der Waals surface area contributed by atoms with Gasteiger partial charge in [0.2, 0.25) is 5.75 Å². The van der Waals surface area contributed by atoms with Gasteiger partial charge in [-0.15, -0.1) is 0 Å². The van der Waals surface area contributed by atoms with Crippen LogP contribution in [0.15, 0.2) is 40.9 Å². The van der Waals surface area contributed by atoms with E-state index in [0.717, 1.165) is 18.2 Å². The highest BCUT2D eigenvalue weighted by Crippen LogP contribution is 2.36. The molecule has 0 amide bonds. The van der Waals surface area contributed by atoms with Crippen LogP contribution >= 0.6 is 15.9 Å². The third-order valence-electron chi connectivity index (χ3n) is 2.78. The van der Waals surface area contributed by atoms with Gasteiger partial charge in [-0.2, -0.15) is 0 Å². The third kappa shape index (κ3) is 3.56. The van der Waals surface area contributed by atoms with E-state index in [1.54, 1.807) is 25.1 Å². The van der Waals surface area contributed by atoms with Gasteiger partial charge in [0.1, 0.15) is 11.6 Å². The van der Waals surface area contributed by atoms with Crippen LogP contribution < -0.4 is 4.74 Å². The summed E-state index contributed by atoms with van der Waals surface area (Å²) >= 11 is 3.25. The van der Waals surface area contributed by atoms with E-state index in [1.165, 1.54) is 0 Å². The molecule has 0 aromatic heterocycles. The van der Waals surface area contributed by atoms with Crippen LogP contribution in [0.25, 0.3) is 0 Å². The Kier molecular flexibility index (Phi) is 4.54. The van der Waals surface area contributed by atoms with Gasteiger partial charge >= 0.3 is 5.69 Å². The number of nitrogens with zero attached hydrogens (tertiary/aromatic N) is 1. The first-order valence-electron chi connectivity index (χ1n) is 5.98. The summed E-state index contributed by atoms with van der Waals surface area (Å²) in [4.78, 5) is 10.3. The lowest BCUT2D eigenvalue weighted by Crippen LogP contribution is -1.96. The Morgan fingerprint density at radius 2 is 2.00 bits per heavy atom. The Bertz CT molecular complexity index is 691. The number of rotatable bonds is 4. The maximum absolute atomic E-state index is 13.2. The number of nitro groups is 1. The van der Waals surface area contributed by atoms with Crippen LogP contribution in [0.3, 0.4) is 0 Å². The van der Waals surface area contributed by atoms with E-state index in [9.17, 15) is 19.6 Å². The summed E-state index contributed by atoms with van der Waals surface area (Å²) < 4.78 is 19.1. The Morgan fingerprint density at radius 3 is 2.57 bits per heavy atom. The molecule has 1 atom stereocenters. The quantitative estimate of drug-likeness (QED) is 0.653. The molecular weight excluding hydrogens is 345 g/mol. The molecule has 0 bridgehead atoms. The molecule has 0 spiro atoms. The SMILES string of the molecule is C[C@H](O)c1ccc(Oc2cc(F)ccc2[N+](=O)[O-])c(Br)c1. The first kappa shape index (κ1) is 15.4. The molecule has 21 heavy (non-hydrogen) atoms. The lowest BCUT2D eigenvalue weighted by Gasteiger charge is -2.11. The lowest BCUT2D eigenvalue weighted by atomic mass is 10.1. The van der Waals surface area contributed by atoms with Crippen molar-refractivity contribution in [2.45, 2.75) is 13.0 Å². The van der Waals surface area contributed by atoms with Crippen LogP contribution in [0, 0.1) is 15.9 Å². The van der Waals surface area contributed by atoms with Gasteiger partial charge in [-0.3, -0.25) is 10.1 Å². The number of aliphatic hydroxyl groups excluding tert-OH is 1. The van der Waals surface area contributed by atoms with Crippen molar-refractivity contribution in [3.05, 3.63) is 62.4 Å². The molecule has 0 saturated carbocycles. The minimum atomic E-state index is -0.654. The Balaban J connectivity index is 2.38. The summed E-state index contributed by atoms with van der Waals surface area (Å²) in [7, 11) is 0. The maximum Gasteiger partial charge on any atom is 0.311 e. The van der Waals surface area contributed by atoms with Crippen molar-refractivity contribution in [1.29, 1.82) is 0 Å². The Hall–Kier alpha value is -1.99. The molecule has 0 saturated heterocycles. The smallest absolute Gasteiger partial charge is 0.311 e. The van der Waals surface area contributed by atoms with Gasteiger partial charge in [-0.05, 0) is 46.6 Å². The minimum Gasteiger partial charge on any atom is -0.449 e. The van der Waals surface area contributed by atoms with Crippen molar-refractivity contribution in [3.63, 3.8) is 0 Å². The first-order chi connectivity index (χ1) is 9.88. The standard InChI is InChI=1S/C14H11BrFNO4/c1-8(18)9-2-5-13(11(15)6-9)21-14-7-10(16)3-4-12(14)17(19)20/h2-8,18H,1H3/t8-/m0/s1. The Morgan fingerprint density at radius 1 is 1.29 bits per heavy atom. The average Bonchev–Trinajstić information content (AvgIpc) is 2.40. The van der Waals surface area contributed by atoms with Crippen LogP contribution in [-0.2, 0) is 0 Å². The van der Waals surface area contributed by atoms with Crippen molar-refractivity contribution < 1.29 is 19.2 Å². The normalized spacial score (nSPS) is 12.0. The van der Waals surface area contributed by atoms with Crippen molar-refractivity contribution in [2.75, 3.05) is 0 Å². The number of aliphatic hydroxyl groups is 1. The van der Waals surface area contributed by atoms with E-state index in [1.807, 2.05) is 0 Å². The number of hydrogen-bond acceptors (Lipinski definition) is 4. The monoisotopic (exact) mass is 355 g/mol. The highest BCUT2D eigenvalue weighted by molar-refractivity contribution is 9.10. The van der Waals surface area contributed by atoms with E-state index >= 15 is 0 Å². The molecule has 0 aliphatic rings. The zero-order valence-corrected chi connectivity index (χ0v) is 12.5. The molecule has 0 fully saturated rings. The molecule has 0 aliphatic carbocycles. The molecule has 110 valence electrons. The van der Waals surface area contributed by atoms with Gasteiger partial charge in [0.05, 0.1) is 15.5 Å². The second-order valence-corrected chi connectivity index (χ2v) is 5.19. The molecule has 0 radical (unpaired) electrons. The van der Waals surface area contributed by atoms with Gasteiger partial charge in [0.25, 0.3) is 0 Å². The minimum absolute atomic E-state index is 0.189. The van der Waals surface area contributed by atoms with Crippen molar-refractivity contribution in [3.8, 4) is 11.5 Å². The highest BCUT2D eigenvalue weighted by atomic mass is 79.9.